The minimum atomic E-state index is 0.129. The number of aliphatic hydroxyl groups excluding tert-OH is 1. The number of aromatic nitrogens is 4. The topological polar surface area (TPSA) is 95.8 Å². The molecule has 0 radical (unpaired) electrons. The summed E-state index contributed by atoms with van der Waals surface area (Å²) in [7, 11) is 0. The summed E-state index contributed by atoms with van der Waals surface area (Å²) in [5, 5.41) is 15.4. The zero-order valence-electron chi connectivity index (χ0n) is 14.5. The molecule has 134 valence electrons. The van der Waals surface area contributed by atoms with Crippen LogP contribution < -0.4 is 10.6 Å². The van der Waals surface area contributed by atoms with Crippen LogP contribution in [0.5, 0.6) is 0 Å². The van der Waals surface area contributed by atoms with Crippen LogP contribution in [-0.4, -0.2) is 44.7 Å². The van der Waals surface area contributed by atoms with Crippen LogP contribution in [0.4, 0.5) is 11.8 Å². The third kappa shape index (κ3) is 5.22. The average molecular weight is 350 g/mol. The molecule has 0 saturated carbocycles. The molecule has 26 heavy (non-hydrogen) atoms. The van der Waals surface area contributed by atoms with Gasteiger partial charge in [-0.2, -0.15) is 4.98 Å². The highest BCUT2D eigenvalue weighted by molar-refractivity contribution is 5.60. The summed E-state index contributed by atoms with van der Waals surface area (Å²) < 4.78 is 0. The third-order valence-corrected chi connectivity index (χ3v) is 3.74. The van der Waals surface area contributed by atoms with Crippen molar-refractivity contribution in [2.75, 3.05) is 30.3 Å². The highest BCUT2D eigenvalue weighted by Crippen LogP contribution is 2.19. The summed E-state index contributed by atoms with van der Waals surface area (Å²) in [4.78, 5) is 17.4. The lowest BCUT2D eigenvalue weighted by Crippen LogP contribution is -2.11. The van der Waals surface area contributed by atoms with E-state index >= 15 is 0 Å². The standard InChI is InChI=1S/C19H22N6O/c26-13-3-9-23-19-24-17(16-4-1-2-8-21-16)14-18(25-19)22-12-7-15-5-10-20-11-6-15/h1-2,4-6,8,10-11,14,26H,3,7,9,12-13H2,(H2,22,23,24,25). The van der Waals surface area contributed by atoms with E-state index in [0.29, 0.717) is 18.9 Å². The Morgan fingerprint density at radius 2 is 1.77 bits per heavy atom. The molecule has 0 amide bonds. The Kier molecular flexibility index (Phi) is 6.44. The molecule has 0 aliphatic carbocycles. The van der Waals surface area contributed by atoms with Gasteiger partial charge in [0.2, 0.25) is 5.95 Å². The van der Waals surface area contributed by atoms with E-state index in [9.17, 15) is 0 Å². The van der Waals surface area contributed by atoms with Crippen LogP contribution in [0.1, 0.15) is 12.0 Å². The normalized spacial score (nSPS) is 10.5. The number of hydrogen-bond donors (Lipinski definition) is 3. The van der Waals surface area contributed by atoms with Gasteiger partial charge in [0.25, 0.3) is 0 Å². The van der Waals surface area contributed by atoms with Crippen LogP contribution in [0.2, 0.25) is 0 Å². The molecule has 0 aliphatic heterocycles. The fourth-order valence-electron chi connectivity index (χ4n) is 2.43. The second-order valence-corrected chi connectivity index (χ2v) is 5.71. The summed E-state index contributed by atoms with van der Waals surface area (Å²) in [5.41, 5.74) is 2.75. The van der Waals surface area contributed by atoms with E-state index < -0.39 is 0 Å². The van der Waals surface area contributed by atoms with E-state index in [-0.39, 0.29) is 6.61 Å². The number of anilines is 2. The number of nitrogens with zero attached hydrogens (tertiary/aromatic N) is 4. The summed E-state index contributed by atoms with van der Waals surface area (Å²) in [5.74, 6) is 1.26. The fraction of sp³-hybridized carbons (Fsp3) is 0.263. The second kappa shape index (κ2) is 9.43. The van der Waals surface area contributed by atoms with E-state index in [1.165, 1.54) is 5.56 Å². The van der Waals surface area contributed by atoms with Crippen LogP contribution in [-0.2, 0) is 6.42 Å². The Bertz CT molecular complexity index is 798. The Morgan fingerprint density at radius 1 is 0.885 bits per heavy atom. The molecular formula is C19H22N6O. The van der Waals surface area contributed by atoms with Gasteiger partial charge in [0.1, 0.15) is 5.82 Å². The van der Waals surface area contributed by atoms with Crippen molar-refractivity contribution in [3.63, 3.8) is 0 Å². The molecule has 7 heteroatoms. The minimum Gasteiger partial charge on any atom is -0.396 e. The van der Waals surface area contributed by atoms with Gasteiger partial charge in [0.05, 0.1) is 11.4 Å². The van der Waals surface area contributed by atoms with Crippen molar-refractivity contribution in [1.29, 1.82) is 0 Å². The largest absolute Gasteiger partial charge is 0.396 e. The summed E-state index contributed by atoms with van der Waals surface area (Å²) in [6.45, 7) is 1.49. The van der Waals surface area contributed by atoms with Crippen molar-refractivity contribution in [1.82, 2.24) is 19.9 Å². The maximum absolute atomic E-state index is 8.95. The molecule has 3 rings (SSSR count). The summed E-state index contributed by atoms with van der Waals surface area (Å²) in [6, 6.07) is 11.6. The van der Waals surface area contributed by atoms with Gasteiger partial charge in [-0.15, -0.1) is 0 Å². The smallest absolute Gasteiger partial charge is 0.225 e. The third-order valence-electron chi connectivity index (χ3n) is 3.74. The molecule has 7 nitrogen and oxygen atoms in total. The van der Waals surface area contributed by atoms with Crippen molar-refractivity contribution >= 4 is 11.8 Å². The molecule has 3 heterocycles. The van der Waals surface area contributed by atoms with Gasteiger partial charge in [0, 0.05) is 44.4 Å². The van der Waals surface area contributed by atoms with E-state index in [0.717, 1.165) is 30.2 Å². The Morgan fingerprint density at radius 3 is 2.54 bits per heavy atom. The van der Waals surface area contributed by atoms with Crippen molar-refractivity contribution < 1.29 is 5.11 Å². The zero-order valence-corrected chi connectivity index (χ0v) is 14.5. The molecule has 3 aromatic heterocycles. The predicted octanol–water partition coefficient (Wildman–Crippen LogP) is 2.38. The molecule has 0 fully saturated rings. The molecule has 0 aliphatic rings. The van der Waals surface area contributed by atoms with Gasteiger partial charge >= 0.3 is 0 Å². The first kappa shape index (κ1) is 17.8. The van der Waals surface area contributed by atoms with Crippen molar-refractivity contribution in [2.24, 2.45) is 0 Å². The molecule has 3 N–H and O–H groups in total. The van der Waals surface area contributed by atoms with Crippen LogP contribution in [0.25, 0.3) is 11.4 Å². The Balaban J connectivity index is 1.73. The van der Waals surface area contributed by atoms with Crippen LogP contribution in [0, 0.1) is 0 Å². The number of pyridine rings is 2. The number of hydrogen-bond acceptors (Lipinski definition) is 7. The lowest BCUT2D eigenvalue weighted by Gasteiger charge is -2.11. The quantitative estimate of drug-likeness (QED) is 0.510. The van der Waals surface area contributed by atoms with Gasteiger partial charge in [-0.05, 0) is 42.7 Å². The van der Waals surface area contributed by atoms with Gasteiger partial charge in [-0.25, -0.2) is 4.98 Å². The van der Waals surface area contributed by atoms with Crippen LogP contribution in [0.3, 0.4) is 0 Å². The fourth-order valence-corrected chi connectivity index (χ4v) is 2.43. The monoisotopic (exact) mass is 350 g/mol. The molecule has 0 aromatic carbocycles. The molecule has 0 unspecified atom stereocenters. The van der Waals surface area contributed by atoms with Gasteiger partial charge in [-0.1, -0.05) is 6.07 Å². The lowest BCUT2D eigenvalue weighted by molar-refractivity contribution is 0.292. The van der Waals surface area contributed by atoms with Gasteiger partial charge in [-0.3, -0.25) is 9.97 Å². The zero-order chi connectivity index (χ0) is 18.0. The summed E-state index contributed by atoms with van der Waals surface area (Å²) in [6.07, 6.45) is 6.85. The van der Waals surface area contributed by atoms with E-state index in [1.54, 1.807) is 18.6 Å². The Labute approximate surface area is 152 Å². The van der Waals surface area contributed by atoms with E-state index in [4.69, 9.17) is 5.11 Å². The molecule has 0 saturated heterocycles. The van der Waals surface area contributed by atoms with E-state index in [1.807, 2.05) is 36.4 Å². The minimum absolute atomic E-state index is 0.129. The Hall–Kier alpha value is -3.06. The number of rotatable bonds is 9. The first-order valence-corrected chi connectivity index (χ1v) is 8.63. The van der Waals surface area contributed by atoms with Gasteiger partial charge < -0.3 is 15.7 Å². The van der Waals surface area contributed by atoms with Crippen molar-refractivity contribution in [2.45, 2.75) is 12.8 Å². The van der Waals surface area contributed by atoms with E-state index in [2.05, 4.69) is 30.6 Å². The maximum Gasteiger partial charge on any atom is 0.225 e. The van der Waals surface area contributed by atoms with Crippen LogP contribution in [0.15, 0.2) is 55.0 Å². The number of nitrogens with one attached hydrogen (secondary N) is 2. The molecule has 0 atom stereocenters. The van der Waals surface area contributed by atoms with Gasteiger partial charge in [0.15, 0.2) is 0 Å². The van der Waals surface area contributed by atoms with Crippen molar-refractivity contribution in [3.8, 4) is 11.4 Å². The van der Waals surface area contributed by atoms with Crippen molar-refractivity contribution in [3.05, 3.63) is 60.6 Å². The number of aliphatic hydroxyl groups is 1. The first-order chi connectivity index (χ1) is 12.8. The molecule has 0 spiro atoms. The average Bonchev–Trinajstić information content (AvgIpc) is 2.70. The maximum atomic E-state index is 8.95. The predicted molar refractivity (Wildman–Crippen MR) is 102 cm³/mol. The molecule has 0 bridgehead atoms. The highest BCUT2D eigenvalue weighted by atomic mass is 16.3. The lowest BCUT2D eigenvalue weighted by atomic mass is 10.2. The van der Waals surface area contributed by atoms with Crippen LogP contribution >= 0.6 is 0 Å². The SMILES string of the molecule is OCCCNc1nc(NCCc2ccncc2)cc(-c2ccccn2)n1. The first-order valence-electron chi connectivity index (χ1n) is 8.63. The molecular weight excluding hydrogens is 328 g/mol. The highest BCUT2D eigenvalue weighted by Gasteiger charge is 2.07. The second-order valence-electron chi connectivity index (χ2n) is 5.71. The summed E-state index contributed by atoms with van der Waals surface area (Å²) >= 11 is 0. The molecule has 3 aromatic rings.